The fourth-order valence-electron chi connectivity index (χ4n) is 9.54. The second kappa shape index (κ2) is 17.4. The Kier molecular flexibility index (Phi) is 12.8. The van der Waals surface area contributed by atoms with Crippen LogP contribution in [0.5, 0.6) is 5.75 Å². The minimum absolute atomic E-state index is 0.00199. The number of rotatable bonds is 15. The van der Waals surface area contributed by atoms with Gasteiger partial charge < -0.3 is 30.1 Å². The van der Waals surface area contributed by atoms with E-state index in [0.717, 1.165) is 40.8 Å². The van der Waals surface area contributed by atoms with Crippen LogP contribution < -0.4 is 20.3 Å². The monoisotopic (exact) mass is 768 g/mol. The third-order valence-electron chi connectivity index (χ3n) is 12.9. The van der Waals surface area contributed by atoms with Crippen LogP contribution in [0.3, 0.4) is 0 Å². The first-order chi connectivity index (χ1) is 26.8. The van der Waals surface area contributed by atoms with E-state index in [4.69, 9.17) is 14.3 Å². The molecule has 56 heavy (non-hydrogen) atoms. The summed E-state index contributed by atoms with van der Waals surface area (Å²) in [4.78, 5) is 49.1. The van der Waals surface area contributed by atoms with Crippen LogP contribution in [0.25, 0.3) is 11.1 Å². The van der Waals surface area contributed by atoms with Crippen molar-refractivity contribution in [1.82, 2.24) is 15.7 Å². The number of aliphatic hydroxyl groups excluding tert-OH is 1. The molecule has 2 amide bonds. The standard InChI is InChI=1S/C45H60N4O7/c1-27-36-23-33(45(36,3)4)24-37(27)47-44(53)41-40(28(2)55-39(51)19-12-16-29-14-10-9-11-15-29)38(26-50)56-49(41)25-30-17-13-18-35(42(30)54-8)31-20-32(43(52)46-5)22-34(21-31)48(6)7/h9-11,13-15,17-18,20-22,27-28,33,36-38,40-41,50H,12,16,19,23-26H2,1-8H3,(H,46,52)(H,47,53)/t27-,28-,33+,36-,37-,38-,40+,41-/m0/s1. The van der Waals surface area contributed by atoms with Gasteiger partial charge in [0, 0.05) is 56.0 Å². The van der Waals surface area contributed by atoms with Crippen molar-refractivity contribution in [2.24, 2.45) is 29.1 Å². The Morgan fingerprint density at radius 3 is 2.45 bits per heavy atom. The van der Waals surface area contributed by atoms with E-state index >= 15 is 0 Å². The third kappa shape index (κ3) is 8.45. The molecule has 0 spiro atoms. The largest absolute Gasteiger partial charge is 0.496 e. The van der Waals surface area contributed by atoms with Gasteiger partial charge in [0.05, 0.1) is 26.2 Å². The molecule has 0 unspecified atom stereocenters. The molecule has 3 aromatic rings. The Labute approximate surface area is 332 Å². The van der Waals surface area contributed by atoms with E-state index in [1.165, 1.54) is 6.42 Å². The predicted octanol–water partition coefficient (Wildman–Crippen LogP) is 6.02. The molecule has 7 rings (SSSR count). The molecule has 302 valence electrons. The van der Waals surface area contributed by atoms with Crippen molar-refractivity contribution in [3.05, 3.63) is 83.4 Å². The number of carbonyl (C=O) groups excluding carboxylic acids is 3. The molecule has 2 bridgehead atoms. The number of nitrogens with one attached hydrogen (secondary N) is 2. The number of benzene rings is 3. The average Bonchev–Trinajstić information content (AvgIpc) is 3.56. The molecule has 1 heterocycles. The molecule has 0 aromatic heterocycles. The molecule has 3 aliphatic carbocycles. The number of aliphatic hydroxyl groups is 1. The number of anilines is 1. The summed E-state index contributed by atoms with van der Waals surface area (Å²) in [5.41, 5.74) is 5.07. The molecule has 0 radical (unpaired) electrons. The molecule has 3 saturated carbocycles. The van der Waals surface area contributed by atoms with Crippen LogP contribution in [0.1, 0.15) is 74.9 Å². The number of esters is 1. The molecule has 1 aliphatic heterocycles. The molecule has 3 aromatic carbocycles. The highest BCUT2D eigenvalue weighted by Crippen LogP contribution is 2.61. The number of hydroxylamine groups is 2. The van der Waals surface area contributed by atoms with E-state index in [-0.39, 0.29) is 48.8 Å². The summed E-state index contributed by atoms with van der Waals surface area (Å²) in [6, 6.07) is 20.6. The number of fused-ring (bicyclic) bond motifs is 2. The van der Waals surface area contributed by atoms with Crippen LogP contribution >= 0.6 is 0 Å². The SMILES string of the molecule is CNC(=O)c1cc(-c2cccc(CN3O[C@@H](CO)[C@@H]([C@H](C)OC(=O)CCCc4ccccc4)[C@H]3C(=O)N[C@H]3C[C@H]4C[C@@H]([C@@H]3C)C4(C)C)c2OC)cc(N(C)C)c1. The van der Waals surface area contributed by atoms with Gasteiger partial charge in [0.15, 0.2) is 0 Å². The quantitative estimate of drug-likeness (QED) is 0.159. The number of para-hydroxylation sites is 1. The van der Waals surface area contributed by atoms with Gasteiger partial charge in [-0.05, 0) is 85.1 Å². The zero-order valence-electron chi connectivity index (χ0n) is 34.2. The number of carbonyl (C=O) groups is 3. The predicted molar refractivity (Wildman–Crippen MR) is 217 cm³/mol. The van der Waals surface area contributed by atoms with Crippen molar-refractivity contribution in [2.45, 2.75) is 90.6 Å². The van der Waals surface area contributed by atoms with E-state index in [2.05, 4.69) is 31.4 Å². The summed E-state index contributed by atoms with van der Waals surface area (Å²) in [7, 11) is 7.05. The number of methoxy groups -OCH3 is 1. The number of hydrogen-bond donors (Lipinski definition) is 3. The summed E-state index contributed by atoms with van der Waals surface area (Å²) >= 11 is 0. The van der Waals surface area contributed by atoms with E-state index in [1.807, 2.05) is 85.7 Å². The molecule has 8 atom stereocenters. The summed E-state index contributed by atoms with van der Waals surface area (Å²) in [5, 5.41) is 18.5. The molecule has 11 heteroatoms. The maximum Gasteiger partial charge on any atom is 0.306 e. The van der Waals surface area contributed by atoms with Gasteiger partial charge >= 0.3 is 5.97 Å². The number of amides is 2. The summed E-state index contributed by atoms with van der Waals surface area (Å²) in [6.07, 6.45) is 2.19. The smallest absolute Gasteiger partial charge is 0.306 e. The maximum absolute atomic E-state index is 14.7. The fraction of sp³-hybridized carbons (Fsp3) is 0.533. The van der Waals surface area contributed by atoms with E-state index in [1.54, 1.807) is 26.1 Å². The van der Waals surface area contributed by atoms with Crippen molar-refractivity contribution in [3.63, 3.8) is 0 Å². The lowest BCUT2D eigenvalue weighted by Crippen LogP contribution is -2.62. The lowest BCUT2D eigenvalue weighted by molar-refractivity contribution is -0.183. The number of aryl methyl sites for hydroxylation is 1. The second-order valence-corrected chi connectivity index (χ2v) is 16.8. The first-order valence-electron chi connectivity index (χ1n) is 20.1. The molecule has 11 nitrogen and oxygen atoms in total. The van der Waals surface area contributed by atoms with Gasteiger partial charge in [-0.15, -0.1) is 0 Å². The Morgan fingerprint density at radius 1 is 1.05 bits per heavy atom. The minimum atomic E-state index is -0.872. The van der Waals surface area contributed by atoms with Crippen LogP contribution in [0, 0.1) is 29.1 Å². The Hall–Kier alpha value is -4.45. The van der Waals surface area contributed by atoms with Crippen molar-refractivity contribution < 1.29 is 33.8 Å². The van der Waals surface area contributed by atoms with Gasteiger partial charge in [-0.3, -0.25) is 19.2 Å². The fourth-order valence-corrected chi connectivity index (χ4v) is 9.54. The number of ether oxygens (including phenoxy) is 2. The first kappa shape index (κ1) is 41.2. The second-order valence-electron chi connectivity index (χ2n) is 16.8. The van der Waals surface area contributed by atoms with Crippen molar-refractivity contribution in [2.75, 3.05) is 39.8 Å². The molecule has 1 saturated heterocycles. The lowest BCUT2D eigenvalue weighted by Gasteiger charge is -2.62. The van der Waals surface area contributed by atoms with Crippen LogP contribution in [0.4, 0.5) is 5.69 Å². The molecular weight excluding hydrogens is 709 g/mol. The Balaban J connectivity index is 1.29. The van der Waals surface area contributed by atoms with Crippen LogP contribution in [0.2, 0.25) is 0 Å². The molecular formula is C45H60N4O7. The van der Waals surface area contributed by atoms with Gasteiger partial charge in [0.1, 0.15) is 24.0 Å². The molecule has 4 aliphatic rings. The zero-order chi connectivity index (χ0) is 40.3. The highest BCUT2D eigenvalue weighted by atomic mass is 16.7. The summed E-state index contributed by atoms with van der Waals surface area (Å²) in [6.45, 7) is 8.48. The first-order valence-corrected chi connectivity index (χ1v) is 20.1. The Bertz CT molecular complexity index is 1870. The highest BCUT2D eigenvalue weighted by Gasteiger charge is 2.57. The van der Waals surface area contributed by atoms with Crippen LogP contribution in [0.15, 0.2) is 66.7 Å². The van der Waals surface area contributed by atoms with Crippen molar-refractivity contribution in [1.29, 1.82) is 0 Å². The van der Waals surface area contributed by atoms with Crippen molar-refractivity contribution in [3.8, 4) is 16.9 Å². The van der Waals surface area contributed by atoms with Gasteiger partial charge in [0.2, 0.25) is 5.91 Å². The number of hydrogen-bond acceptors (Lipinski definition) is 9. The summed E-state index contributed by atoms with van der Waals surface area (Å²) < 4.78 is 12.1. The normalized spacial score (nSPS) is 25.8. The van der Waals surface area contributed by atoms with Crippen LogP contribution in [-0.4, -0.2) is 87.1 Å². The number of nitrogens with zero attached hydrogens (tertiary/aromatic N) is 2. The lowest BCUT2D eigenvalue weighted by atomic mass is 9.45. The highest BCUT2D eigenvalue weighted by molar-refractivity contribution is 5.97. The van der Waals surface area contributed by atoms with Gasteiger partial charge in [0.25, 0.3) is 5.91 Å². The van der Waals surface area contributed by atoms with Crippen LogP contribution in [-0.2, 0) is 32.1 Å². The van der Waals surface area contributed by atoms with E-state index in [9.17, 15) is 19.5 Å². The van der Waals surface area contributed by atoms with Gasteiger partial charge in [-0.2, -0.15) is 5.06 Å². The summed E-state index contributed by atoms with van der Waals surface area (Å²) in [5.74, 6) is 0.530. The Morgan fingerprint density at radius 2 is 1.80 bits per heavy atom. The minimum Gasteiger partial charge on any atom is -0.496 e. The average molecular weight is 769 g/mol. The topological polar surface area (TPSA) is 130 Å². The maximum atomic E-state index is 14.7. The third-order valence-corrected chi connectivity index (χ3v) is 12.9. The van der Waals surface area contributed by atoms with Gasteiger partial charge in [-0.1, -0.05) is 69.3 Å². The molecule has 4 fully saturated rings. The van der Waals surface area contributed by atoms with Gasteiger partial charge in [-0.25, -0.2) is 0 Å². The zero-order valence-corrected chi connectivity index (χ0v) is 34.2. The van der Waals surface area contributed by atoms with E-state index in [0.29, 0.717) is 35.5 Å². The van der Waals surface area contributed by atoms with E-state index < -0.39 is 24.2 Å². The molecule has 3 N–H and O–H groups in total. The van der Waals surface area contributed by atoms with Crippen molar-refractivity contribution >= 4 is 23.5 Å².